The van der Waals surface area contributed by atoms with Crippen LogP contribution in [-0.4, -0.2) is 29.9 Å². The molecule has 0 radical (unpaired) electrons. The standard InChI is InChI=1S/C16H18N4O3S/c1-11-14(7-9-24(17,21)22)16(19(2)18-11)20-8-6-12-4-5-13(23-3)10-15(12)20/h4-10H,1-3H3,(H2,17,21,22). The molecule has 0 aliphatic rings. The van der Waals surface area contributed by atoms with Crippen LogP contribution in [0.4, 0.5) is 0 Å². The van der Waals surface area contributed by atoms with Crippen LogP contribution < -0.4 is 9.88 Å². The number of rotatable bonds is 4. The summed E-state index contributed by atoms with van der Waals surface area (Å²) in [4.78, 5) is 0. The number of benzene rings is 1. The Bertz CT molecular complexity index is 1040. The molecule has 2 N–H and O–H groups in total. The van der Waals surface area contributed by atoms with Crippen molar-refractivity contribution in [1.82, 2.24) is 14.3 Å². The minimum atomic E-state index is -3.72. The SMILES string of the molecule is COc1ccc2ccn(-c3c(C=CS(N)(=O)=O)c(C)nn3C)c2c1. The van der Waals surface area contributed by atoms with Crippen LogP contribution in [0.2, 0.25) is 0 Å². The van der Waals surface area contributed by atoms with Crippen molar-refractivity contribution in [2.45, 2.75) is 6.92 Å². The van der Waals surface area contributed by atoms with Gasteiger partial charge in [0.25, 0.3) is 0 Å². The molecule has 0 aliphatic carbocycles. The van der Waals surface area contributed by atoms with E-state index in [1.807, 2.05) is 49.0 Å². The van der Waals surface area contributed by atoms with Gasteiger partial charge in [0.1, 0.15) is 11.6 Å². The summed E-state index contributed by atoms with van der Waals surface area (Å²) >= 11 is 0. The number of methoxy groups -OCH3 is 1. The number of aromatic nitrogens is 3. The Kier molecular flexibility index (Phi) is 3.94. The van der Waals surface area contributed by atoms with E-state index < -0.39 is 10.0 Å². The number of ether oxygens (including phenoxy) is 1. The number of sulfonamides is 1. The molecule has 2 heterocycles. The molecule has 0 unspecified atom stereocenters. The maximum absolute atomic E-state index is 11.3. The Labute approximate surface area is 140 Å². The summed E-state index contributed by atoms with van der Waals surface area (Å²) in [6.45, 7) is 1.82. The van der Waals surface area contributed by atoms with E-state index in [4.69, 9.17) is 9.88 Å². The molecule has 8 heteroatoms. The topological polar surface area (TPSA) is 92.1 Å². The van der Waals surface area contributed by atoms with Gasteiger partial charge in [0.2, 0.25) is 10.0 Å². The fourth-order valence-electron chi connectivity index (χ4n) is 2.73. The van der Waals surface area contributed by atoms with E-state index in [9.17, 15) is 8.42 Å². The number of primary sulfonamides is 1. The van der Waals surface area contributed by atoms with Crippen LogP contribution in [0.25, 0.3) is 22.8 Å². The summed E-state index contributed by atoms with van der Waals surface area (Å²) in [5.74, 6) is 1.48. The Morgan fingerprint density at radius 2 is 2.04 bits per heavy atom. The summed E-state index contributed by atoms with van der Waals surface area (Å²) in [5.41, 5.74) is 2.33. The van der Waals surface area contributed by atoms with Gasteiger partial charge in [0.05, 0.1) is 18.3 Å². The molecule has 0 spiro atoms. The van der Waals surface area contributed by atoms with Gasteiger partial charge in [0.15, 0.2) is 0 Å². The monoisotopic (exact) mass is 346 g/mol. The average Bonchev–Trinajstić information content (AvgIpc) is 3.03. The molecule has 0 bridgehead atoms. The lowest BCUT2D eigenvalue weighted by molar-refractivity contribution is 0.415. The lowest BCUT2D eigenvalue weighted by Gasteiger charge is -2.09. The molecular formula is C16H18N4O3S. The first-order valence-corrected chi connectivity index (χ1v) is 8.81. The molecule has 7 nitrogen and oxygen atoms in total. The molecule has 24 heavy (non-hydrogen) atoms. The molecule has 0 fully saturated rings. The average molecular weight is 346 g/mol. The third kappa shape index (κ3) is 2.93. The normalized spacial score (nSPS) is 12.3. The third-order valence-electron chi connectivity index (χ3n) is 3.79. The third-order valence-corrected chi connectivity index (χ3v) is 4.31. The molecule has 2 aromatic heterocycles. The second-order valence-corrected chi connectivity index (χ2v) is 6.90. The van der Waals surface area contributed by atoms with Crippen LogP contribution in [-0.2, 0) is 17.1 Å². The number of nitrogens with zero attached hydrogens (tertiary/aromatic N) is 3. The van der Waals surface area contributed by atoms with Crippen molar-refractivity contribution in [2.75, 3.05) is 7.11 Å². The van der Waals surface area contributed by atoms with Crippen molar-refractivity contribution in [3.8, 4) is 11.6 Å². The fourth-order valence-corrected chi connectivity index (χ4v) is 3.05. The van der Waals surface area contributed by atoms with Gasteiger partial charge in [-0.05, 0) is 31.2 Å². The molecule has 3 aromatic rings. The van der Waals surface area contributed by atoms with E-state index in [0.717, 1.165) is 27.9 Å². The molecule has 1 aromatic carbocycles. The number of fused-ring (bicyclic) bond motifs is 1. The first kappa shape index (κ1) is 16.3. The first-order chi connectivity index (χ1) is 11.3. The maximum atomic E-state index is 11.3. The van der Waals surface area contributed by atoms with Gasteiger partial charge in [-0.1, -0.05) is 0 Å². The van der Waals surface area contributed by atoms with Crippen LogP contribution in [0.5, 0.6) is 5.75 Å². The molecule has 3 rings (SSSR count). The van der Waals surface area contributed by atoms with Gasteiger partial charge < -0.3 is 9.30 Å². The second-order valence-electron chi connectivity index (χ2n) is 5.45. The number of nitrogens with two attached hydrogens (primary N) is 1. The van der Waals surface area contributed by atoms with Gasteiger partial charge >= 0.3 is 0 Å². The Balaban J connectivity index is 2.25. The molecule has 0 aliphatic heterocycles. The van der Waals surface area contributed by atoms with Gasteiger partial charge in [-0.3, -0.25) is 4.68 Å². The van der Waals surface area contributed by atoms with Crippen molar-refractivity contribution in [3.63, 3.8) is 0 Å². The van der Waals surface area contributed by atoms with Crippen LogP contribution in [0.15, 0.2) is 35.9 Å². The molecule has 0 amide bonds. The maximum Gasteiger partial charge on any atom is 0.231 e. The van der Waals surface area contributed by atoms with Crippen molar-refractivity contribution in [1.29, 1.82) is 0 Å². The van der Waals surface area contributed by atoms with E-state index in [-0.39, 0.29) is 0 Å². The van der Waals surface area contributed by atoms with Crippen molar-refractivity contribution in [2.24, 2.45) is 12.2 Å². The van der Waals surface area contributed by atoms with Crippen LogP contribution in [0, 0.1) is 6.92 Å². The van der Waals surface area contributed by atoms with Crippen molar-refractivity contribution >= 4 is 27.0 Å². The van der Waals surface area contributed by atoms with Gasteiger partial charge in [0, 0.05) is 35.7 Å². The lowest BCUT2D eigenvalue weighted by Crippen LogP contribution is -2.07. The lowest BCUT2D eigenvalue weighted by atomic mass is 10.2. The largest absolute Gasteiger partial charge is 0.497 e. The predicted octanol–water partition coefficient (Wildman–Crippen LogP) is 1.94. The van der Waals surface area contributed by atoms with E-state index in [2.05, 4.69) is 5.10 Å². The van der Waals surface area contributed by atoms with Crippen molar-refractivity contribution < 1.29 is 13.2 Å². The Morgan fingerprint density at radius 3 is 2.71 bits per heavy atom. The molecule has 126 valence electrons. The van der Waals surface area contributed by atoms with Crippen LogP contribution in [0.3, 0.4) is 0 Å². The highest BCUT2D eigenvalue weighted by atomic mass is 32.2. The number of hydrogen-bond acceptors (Lipinski definition) is 4. The number of hydrogen-bond donors (Lipinski definition) is 1. The molecule has 0 atom stereocenters. The molecule has 0 saturated heterocycles. The summed E-state index contributed by atoms with van der Waals surface area (Å²) in [6.07, 6.45) is 3.38. The smallest absolute Gasteiger partial charge is 0.231 e. The fraction of sp³-hybridized carbons (Fsp3) is 0.188. The Morgan fingerprint density at radius 1 is 1.29 bits per heavy atom. The first-order valence-electron chi connectivity index (χ1n) is 7.20. The minimum absolute atomic E-state index is 0.687. The van der Waals surface area contributed by atoms with E-state index >= 15 is 0 Å². The van der Waals surface area contributed by atoms with Crippen LogP contribution >= 0.6 is 0 Å². The zero-order chi connectivity index (χ0) is 17.5. The van der Waals surface area contributed by atoms with Gasteiger partial charge in [-0.15, -0.1) is 0 Å². The highest BCUT2D eigenvalue weighted by molar-refractivity contribution is 7.92. The van der Waals surface area contributed by atoms with E-state index in [1.165, 1.54) is 6.08 Å². The zero-order valence-corrected chi connectivity index (χ0v) is 14.4. The number of aryl methyl sites for hydroxylation is 2. The highest BCUT2D eigenvalue weighted by Crippen LogP contribution is 2.28. The summed E-state index contributed by atoms with van der Waals surface area (Å²) in [6, 6.07) is 7.76. The van der Waals surface area contributed by atoms with E-state index in [1.54, 1.807) is 11.8 Å². The summed E-state index contributed by atoms with van der Waals surface area (Å²) < 4.78 is 31.5. The van der Waals surface area contributed by atoms with Gasteiger partial charge in [-0.25, -0.2) is 13.6 Å². The predicted molar refractivity (Wildman–Crippen MR) is 93.5 cm³/mol. The van der Waals surface area contributed by atoms with Gasteiger partial charge in [-0.2, -0.15) is 5.10 Å². The summed E-state index contributed by atoms with van der Waals surface area (Å²) in [7, 11) is -0.293. The van der Waals surface area contributed by atoms with E-state index in [0.29, 0.717) is 11.3 Å². The van der Waals surface area contributed by atoms with Crippen LogP contribution in [0.1, 0.15) is 11.3 Å². The summed E-state index contributed by atoms with van der Waals surface area (Å²) in [5, 5.41) is 11.5. The van der Waals surface area contributed by atoms with Crippen molar-refractivity contribution in [3.05, 3.63) is 47.1 Å². The molecular weight excluding hydrogens is 328 g/mol. The second kappa shape index (κ2) is 5.81. The minimum Gasteiger partial charge on any atom is -0.497 e. The zero-order valence-electron chi connectivity index (χ0n) is 13.6. The quantitative estimate of drug-likeness (QED) is 0.781. The molecule has 0 saturated carbocycles. The highest BCUT2D eigenvalue weighted by Gasteiger charge is 2.15. The Hall–Kier alpha value is -2.58.